The zero-order valence-electron chi connectivity index (χ0n) is 16.3. The summed E-state index contributed by atoms with van der Waals surface area (Å²) < 4.78 is 5.61. The van der Waals surface area contributed by atoms with E-state index in [1.54, 1.807) is 0 Å². The normalized spacial score (nSPS) is 19.5. The standard InChI is InChI=1S/C19H24N4O3S.2ClH/c1-13-4-5-16(26-13)19-21-14(12-27-19)9-17(24)22-7-2-3-15(11-22)23-8-6-20-10-18(23)25;;/h4-5,12,15,20H,2-3,6-11H2,1H3;2*1H. The number of likely N-dealkylation sites (tertiary alicyclic amines) is 1. The van der Waals surface area contributed by atoms with Gasteiger partial charge in [0.2, 0.25) is 11.8 Å². The lowest BCUT2D eigenvalue weighted by Crippen LogP contribution is -2.57. The number of furan rings is 1. The van der Waals surface area contributed by atoms with Crippen LogP contribution in [0.25, 0.3) is 10.8 Å². The second-order valence-corrected chi connectivity index (χ2v) is 7.99. The van der Waals surface area contributed by atoms with E-state index in [-0.39, 0.29) is 42.7 Å². The van der Waals surface area contributed by atoms with Crippen molar-refractivity contribution >= 4 is 48.0 Å². The number of aromatic nitrogens is 1. The number of nitrogens with zero attached hydrogens (tertiary/aromatic N) is 3. The molecule has 0 saturated carbocycles. The van der Waals surface area contributed by atoms with Gasteiger partial charge in [-0.15, -0.1) is 36.2 Å². The van der Waals surface area contributed by atoms with Gasteiger partial charge < -0.3 is 19.5 Å². The van der Waals surface area contributed by atoms with Crippen molar-refractivity contribution in [2.24, 2.45) is 0 Å². The minimum Gasteiger partial charge on any atom is -0.459 e. The van der Waals surface area contributed by atoms with Gasteiger partial charge in [-0.2, -0.15) is 0 Å². The first-order valence-corrected chi connectivity index (χ1v) is 10.3. The fraction of sp³-hybridized carbons (Fsp3) is 0.526. The molecule has 0 radical (unpaired) electrons. The van der Waals surface area contributed by atoms with Crippen LogP contribution in [0, 0.1) is 6.92 Å². The summed E-state index contributed by atoms with van der Waals surface area (Å²) in [5.74, 6) is 1.80. The van der Waals surface area contributed by atoms with Gasteiger partial charge in [0.25, 0.3) is 0 Å². The lowest BCUT2D eigenvalue weighted by atomic mass is 10.0. The topological polar surface area (TPSA) is 78.7 Å². The lowest BCUT2D eigenvalue weighted by Gasteiger charge is -2.41. The molecular weight excluding hydrogens is 435 g/mol. The van der Waals surface area contributed by atoms with Gasteiger partial charge in [-0.05, 0) is 31.9 Å². The number of aryl methyl sites for hydroxylation is 1. The van der Waals surface area contributed by atoms with Crippen LogP contribution >= 0.6 is 36.2 Å². The number of carbonyl (C=O) groups excluding carboxylic acids is 2. The Hall–Kier alpha value is -1.61. The Morgan fingerprint density at radius 3 is 2.90 bits per heavy atom. The van der Waals surface area contributed by atoms with Crippen LogP contribution in [0.5, 0.6) is 0 Å². The number of hydrogen-bond donors (Lipinski definition) is 1. The van der Waals surface area contributed by atoms with Crippen LogP contribution in [0.2, 0.25) is 0 Å². The molecule has 4 rings (SSSR count). The predicted molar refractivity (Wildman–Crippen MR) is 117 cm³/mol. The fourth-order valence-corrected chi connectivity index (χ4v) is 4.54. The van der Waals surface area contributed by atoms with Crippen LogP contribution < -0.4 is 5.32 Å². The zero-order valence-corrected chi connectivity index (χ0v) is 18.7. The van der Waals surface area contributed by atoms with Gasteiger partial charge in [0, 0.05) is 37.6 Å². The van der Waals surface area contributed by atoms with Crippen molar-refractivity contribution < 1.29 is 14.0 Å². The van der Waals surface area contributed by atoms with Crippen LogP contribution in [-0.4, -0.2) is 65.4 Å². The summed E-state index contributed by atoms with van der Waals surface area (Å²) in [4.78, 5) is 33.3. The van der Waals surface area contributed by atoms with E-state index in [0.29, 0.717) is 19.5 Å². The molecule has 0 aromatic carbocycles. The fourth-order valence-electron chi connectivity index (χ4n) is 3.76. The molecule has 2 aliphatic heterocycles. The van der Waals surface area contributed by atoms with Crippen LogP contribution in [0.15, 0.2) is 21.9 Å². The molecular formula is C19H26Cl2N4O3S. The Bertz CT molecular complexity index is 841. The molecule has 10 heteroatoms. The van der Waals surface area contributed by atoms with Gasteiger partial charge in [-0.1, -0.05) is 0 Å². The number of hydrogen-bond acceptors (Lipinski definition) is 6. The third-order valence-electron chi connectivity index (χ3n) is 5.15. The van der Waals surface area contributed by atoms with Crippen molar-refractivity contribution in [2.75, 3.05) is 32.7 Å². The number of rotatable bonds is 4. The van der Waals surface area contributed by atoms with Crippen molar-refractivity contribution in [3.63, 3.8) is 0 Å². The third kappa shape index (κ3) is 5.51. The maximum atomic E-state index is 12.8. The van der Waals surface area contributed by atoms with Gasteiger partial charge in [0.05, 0.1) is 18.7 Å². The Balaban J connectivity index is 0.00000150. The minimum atomic E-state index is 0. The number of thiazole rings is 1. The highest BCUT2D eigenvalue weighted by Gasteiger charge is 2.31. The molecule has 0 aliphatic carbocycles. The van der Waals surface area contributed by atoms with Crippen molar-refractivity contribution in [3.8, 4) is 10.8 Å². The smallest absolute Gasteiger partial charge is 0.236 e. The van der Waals surface area contributed by atoms with E-state index >= 15 is 0 Å². The molecule has 2 aromatic heterocycles. The average Bonchev–Trinajstić information content (AvgIpc) is 3.31. The first-order valence-electron chi connectivity index (χ1n) is 9.39. The molecule has 0 bridgehead atoms. The summed E-state index contributed by atoms with van der Waals surface area (Å²) in [5.41, 5.74) is 0.773. The molecule has 7 nitrogen and oxygen atoms in total. The van der Waals surface area contributed by atoms with Gasteiger partial charge in [-0.25, -0.2) is 4.98 Å². The Morgan fingerprint density at radius 1 is 1.34 bits per heavy atom. The minimum absolute atomic E-state index is 0. The summed E-state index contributed by atoms with van der Waals surface area (Å²) in [5, 5.41) is 5.82. The molecule has 2 amide bonds. The number of carbonyl (C=O) groups is 2. The summed E-state index contributed by atoms with van der Waals surface area (Å²) in [6.45, 7) is 5.23. The van der Waals surface area contributed by atoms with Gasteiger partial charge in [0.1, 0.15) is 5.76 Å². The average molecular weight is 461 g/mol. The molecule has 2 fully saturated rings. The van der Waals surface area contributed by atoms with Gasteiger partial charge in [-0.3, -0.25) is 9.59 Å². The molecule has 2 aliphatic rings. The van der Waals surface area contributed by atoms with Crippen molar-refractivity contribution in [3.05, 3.63) is 29.0 Å². The van der Waals surface area contributed by atoms with Crippen molar-refractivity contribution in [1.29, 1.82) is 0 Å². The molecule has 29 heavy (non-hydrogen) atoms. The maximum Gasteiger partial charge on any atom is 0.236 e. The number of halogens is 2. The first kappa shape index (κ1) is 23.7. The van der Waals surface area contributed by atoms with E-state index in [0.717, 1.165) is 54.7 Å². The Kier molecular flexibility index (Phi) is 8.51. The monoisotopic (exact) mass is 460 g/mol. The van der Waals surface area contributed by atoms with E-state index in [1.165, 1.54) is 11.3 Å². The first-order chi connectivity index (χ1) is 13.1. The third-order valence-corrected chi connectivity index (χ3v) is 6.06. The molecule has 2 saturated heterocycles. The van der Waals surface area contributed by atoms with Crippen molar-refractivity contribution in [2.45, 2.75) is 32.2 Å². The highest BCUT2D eigenvalue weighted by molar-refractivity contribution is 7.13. The number of piperidine rings is 1. The Morgan fingerprint density at radius 2 is 2.17 bits per heavy atom. The quantitative estimate of drug-likeness (QED) is 0.757. The molecule has 1 unspecified atom stereocenters. The summed E-state index contributed by atoms with van der Waals surface area (Å²) in [6, 6.07) is 3.95. The largest absolute Gasteiger partial charge is 0.459 e. The predicted octanol–water partition coefficient (Wildman–Crippen LogP) is 2.52. The van der Waals surface area contributed by atoms with Crippen molar-refractivity contribution in [1.82, 2.24) is 20.1 Å². The van der Waals surface area contributed by atoms with Crippen LogP contribution in [0.1, 0.15) is 24.3 Å². The Labute approximate surface area is 186 Å². The van der Waals surface area contributed by atoms with Crippen LogP contribution in [-0.2, 0) is 16.0 Å². The molecule has 4 heterocycles. The molecule has 0 spiro atoms. The SMILES string of the molecule is Cc1ccc(-c2nc(CC(=O)N3CCCC(N4CCNCC4=O)C3)cs2)o1.Cl.Cl. The van der Waals surface area contributed by atoms with Crippen LogP contribution in [0.3, 0.4) is 0 Å². The molecule has 2 aromatic rings. The molecule has 1 N–H and O–H groups in total. The number of nitrogens with one attached hydrogen (secondary N) is 1. The lowest BCUT2D eigenvalue weighted by molar-refractivity contribution is -0.140. The second kappa shape index (κ2) is 10.4. The van der Waals surface area contributed by atoms with E-state index in [9.17, 15) is 9.59 Å². The summed E-state index contributed by atoms with van der Waals surface area (Å²) >= 11 is 1.49. The van der Waals surface area contributed by atoms with E-state index in [4.69, 9.17) is 4.42 Å². The highest BCUT2D eigenvalue weighted by atomic mass is 35.5. The van der Waals surface area contributed by atoms with Crippen LogP contribution in [0.4, 0.5) is 0 Å². The second-order valence-electron chi connectivity index (χ2n) is 7.13. The molecule has 1 atom stereocenters. The summed E-state index contributed by atoms with van der Waals surface area (Å²) in [7, 11) is 0. The van der Waals surface area contributed by atoms with E-state index in [2.05, 4.69) is 10.3 Å². The summed E-state index contributed by atoms with van der Waals surface area (Å²) in [6.07, 6.45) is 2.19. The van der Waals surface area contributed by atoms with E-state index < -0.39 is 0 Å². The van der Waals surface area contributed by atoms with Gasteiger partial charge >= 0.3 is 0 Å². The van der Waals surface area contributed by atoms with E-state index in [1.807, 2.05) is 34.2 Å². The zero-order chi connectivity index (χ0) is 18.8. The molecule has 160 valence electrons. The maximum absolute atomic E-state index is 12.8. The number of amides is 2. The number of piperazine rings is 1. The highest BCUT2D eigenvalue weighted by Crippen LogP contribution is 2.26. The van der Waals surface area contributed by atoms with Gasteiger partial charge in [0.15, 0.2) is 10.8 Å².